The summed E-state index contributed by atoms with van der Waals surface area (Å²) in [5, 5.41) is 0. The van der Waals surface area contributed by atoms with Crippen molar-refractivity contribution in [1.82, 2.24) is 0 Å². The lowest BCUT2D eigenvalue weighted by molar-refractivity contribution is 1.59. The van der Waals surface area contributed by atoms with Gasteiger partial charge in [0.15, 0.2) is 0 Å². The van der Waals surface area contributed by atoms with Gasteiger partial charge in [-0.25, -0.2) is 0 Å². The molecule has 0 aromatic carbocycles. The second kappa shape index (κ2) is 21.4. The van der Waals surface area contributed by atoms with Crippen LogP contribution in [0.5, 0.6) is 0 Å². The Kier molecular flexibility index (Phi) is 16.0. The van der Waals surface area contributed by atoms with Crippen molar-refractivity contribution < 1.29 is 0 Å². The molecular weight excluding hydrogens is 801 g/mol. The summed E-state index contributed by atoms with van der Waals surface area (Å²) in [5.41, 5.74) is 3.78. The lowest BCUT2D eigenvalue weighted by Crippen LogP contribution is -1.79. The molecule has 6 rings (SSSR count). The van der Waals surface area contributed by atoms with Crippen LogP contribution in [-0.2, 0) is 0 Å². The molecule has 0 amide bonds. The molecule has 50 heavy (non-hydrogen) atoms. The van der Waals surface area contributed by atoms with Crippen LogP contribution in [0.25, 0.3) is 0 Å². The Balaban J connectivity index is 1.45. The van der Waals surface area contributed by atoms with Crippen LogP contribution in [0.3, 0.4) is 0 Å². The van der Waals surface area contributed by atoms with Crippen molar-refractivity contribution in [2.24, 2.45) is 0 Å². The average Bonchev–Trinajstić information content (AvgIpc) is 3.99. The molecule has 0 aromatic rings. The molecule has 0 nitrogen and oxygen atoms in total. The number of thioether (sulfide) groups is 10. The van der Waals surface area contributed by atoms with Crippen LogP contribution < -0.4 is 0 Å². The lowest BCUT2D eigenvalue weighted by Gasteiger charge is -1.94. The largest absolute Gasteiger partial charge is 0.116 e. The molecule has 10 heteroatoms. The average molecular weight is 821 g/mol. The van der Waals surface area contributed by atoms with E-state index in [-0.39, 0.29) is 0 Å². The Morgan fingerprint density at radius 2 is 0.320 bits per heavy atom. The summed E-state index contributed by atoms with van der Waals surface area (Å²) in [6.07, 6.45) is 0. The van der Waals surface area contributed by atoms with Gasteiger partial charge in [-0.2, -0.15) is 0 Å². The maximum absolute atomic E-state index is 3.21. The van der Waals surface area contributed by atoms with Gasteiger partial charge >= 0.3 is 0 Å². The lowest BCUT2D eigenvalue weighted by atomic mass is 10.2. The van der Waals surface area contributed by atoms with Crippen LogP contribution in [0.2, 0.25) is 0 Å². The van der Waals surface area contributed by atoms with Crippen molar-refractivity contribution >= 4 is 118 Å². The molecular formula is C40H20S10. The zero-order valence-corrected chi connectivity index (χ0v) is 34.3. The van der Waals surface area contributed by atoms with Gasteiger partial charge in [0.1, 0.15) is 0 Å². The zero-order valence-electron chi connectivity index (χ0n) is 26.2. The molecule has 5 aliphatic heterocycles. The van der Waals surface area contributed by atoms with Crippen LogP contribution in [0.4, 0.5) is 0 Å². The second-order valence-electron chi connectivity index (χ2n) is 9.30. The molecule has 0 N–H and O–H groups in total. The van der Waals surface area contributed by atoms with Gasteiger partial charge in [-0.3, -0.25) is 0 Å². The smallest absolute Gasteiger partial charge is 0.0964 e. The summed E-state index contributed by atoms with van der Waals surface area (Å²) < 4.78 is 5.60. The molecule has 5 heterocycles. The molecule has 0 atom stereocenters. The minimum absolute atomic E-state index is 0.756. The standard InChI is InChI=1S/C40H20S10/c1-2-12-32(37-43-23-24-44-37)14-5-6-16-34(39-47-27-28-48-39)18-9-10-20-35(40-49-29-30-50-40)19-8-7-17-33(38-45-25-26-46-38)15-4-3-13-31(11-1)36-41-21-22-42-36/h21-30H2. The highest BCUT2D eigenvalue weighted by atomic mass is 32.2. The van der Waals surface area contributed by atoms with E-state index in [1.807, 2.05) is 0 Å². The first-order chi connectivity index (χ1) is 24.8. The zero-order chi connectivity index (χ0) is 34.1. The highest BCUT2D eigenvalue weighted by Gasteiger charge is 2.15. The van der Waals surface area contributed by atoms with Gasteiger partial charge in [-0.05, 0) is 118 Å². The van der Waals surface area contributed by atoms with Crippen molar-refractivity contribution in [1.29, 1.82) is 0 Å². The number of hydrogen-bond acceptors (Lipinski definition) is 10. The number of rotatable bonds is 0. The molecule has 0 radical (unpaired) electrons. The van der Waals surface area contributed by atoms with E-state index in [1.165, 1.54) is 0 Å². The van der Waals surface area contributed by atoms with Gasteiger partial charge < -0.3 is 0 Å². The van der Waals surface area contributed by atoms with Crippen molar-refractivity contribution in [3.63, 3.8) is 0 Å². The molecule has 5 saturated heterocycles. The minimum Gasteiger partial charge on any atom is -0.116 e. The molecule has 5 fully saturated rings. The van der Waals surface area contributed by atoms with Crippen molar-refractivity contribution in [3.8, 4) is 118 Å². The van der Waals surface area contributed by atoms with E-state index in [1.54, 1.807) is 118 Å². The van der Waals surface area contributed by atoms with Crippen LogP contribution in [0, 0.1) is 118 Å². The van der Waals surface area contributed by atoms with Crippen molar-refractivity contribution in [2.75, 3.05) is 57.5 Å². The van der Waals surface area contributed by atoms with Gasteiger partial charge in [-0.1, -0.05) is 0 Å². The van der Waals surface area contributed by atoms with E-state index < -0.39 is 0 Å². The molecule has 0 saturated carbocycles. The highest BCUT2D eigenvalue weighted by molar-refractivity contribution is 8.26. The third-order valence-electron chi connectivity index (χ3n) is 5.96. The summed E-state index contributed by atoms with van der Waals surface area (Å²) in [6.45, 7) is 0. The SMILES string of the molecule is C1#CC(=C2SCCS2)C#CC#CC(=C2SCCS2)C#CC#CC(=C2SCCS2)C#CC#CC(=C2SCCS2)C#CC#CC(=C2SCCS2)C#C1. The monoisotopic (exact) mass is 820 g/mol. The molecule has 1 aliphatic carbocycles. The van der Waals surface area contributed by atoms with Crippen LogP contribution in [0.1, 0.15) is 0 Å². The topological polar surface area (TPSA) is 0 Å². The van der Waals surface area contributed by atoms with E-state index in [2.05, 4.69) is 118 Å². The summed E-state index contributed by atoms with van der Waals surface area (Å²) in [6, 6.07) is 0. The Labute approximate surface area is 339 Å². The van der Waals surface area contributed by atoms with Gasteiger partial charge in [-0.15, -0.1) is 118 Å². The van der Waals surface area contributed by atoms with Crippen molar-refractivity contribution in [3.05, 3.63) is 49.1 Å². The van der Waals surface area contributed by atoms with Gasteiger partial charge in [0.2, 0.25) is 0 Å². The predicted octanol–water partition coefficient (Wildman–Crippen LogP) is 8.49. The first kappa shape index (κ1) is 37.6. The molecule has 240 valence electrons. The predicted molar refractivity (Wildman–Crippen MR) is 237 cm³/mol. The fourth-order valence-corrected chi connectivity index (χ4v) is 15.7. The van der Waals surface area contributed by atoms with Crippen LogP contribution >= 0.6 is 118 Å². The number of allylic oxidation sites excluding steroid dienone is 5. The van der Waals surface area contributed by atoms with E-state index >= 15 is 0 Å². The third-order valence-corrected chi connectivity index (χ3v) is 19.5. The van der Waals surface area contributed by atoms with Crippen molar-refractivity contribution in [2.45, 2.75) is 0 Å². The fourth-order valence-electron chi connectivity index (χ4n) is 3.88. The van der Waals surface area contributed by atoms with Gasteiger partial charge in [0, 0.05) is 57.5 Å². The van der Waals surface area contributed by atoms with Gasteiger partial charge in [0.05, 0.1) is 49.1 Å². The summed E-state index contributed by atoms with van der Waals surface area (Å²) in [7, 11) is 0. The maximum atomic E-state index is 3.21. The third kappa shape index (κ3) is 11.9. The van der Waals surface area contributed by atoms with E-state index in [4.69, 9.17) is 0 Å². The second-order valence-corrected chi connectivity index (χ2v) is 21.6. The Hall–Kier alpha value is -2.20. The first-order valence-corrected chi connectivity index (χ1v) is 24.8. The van der Waals surface area contributed by atoms with E-state index in [0.29, 0.717) is 0 Å². The molecule has 0 spiro atoms. The minimum atomic E-state index is 0.756. The van der Waals surface area contributed by atoms with Crippen LogP contribution in [0.15, 0.2) is 49.1 Å². The molecule has 0 aromatic heterocycles. The highest BCUT2D eigenvalue weighted by Crippen LogP contribution is 2.41. The number of hydrogen-bond donors (Lipinski definition) is 0. The summed E-state index contributed by atoms with van der Waals surface area (Å²) >= 11 is 17.8. The van der Waals surface area contributed by atoms with Gasteiger partial charge in [0.25, 0.3) is 0 Å². The molecule has 6 aliphatic rings. The van der Waals surface area contributed by atoms with E-state index in [0.717, 1.165) is 107 Å². The first-order valence-electron chi connectivity index (χ1n) is 14.9. The maximum Gasteiger partial charge on any atom is 0.0964 e. The normalized spacial score (nSPS) is 20.0. The quantitative estimate of drug-likeness (QED) is 0.218. The Morgan fingerprint density at radius 1 is 0.200 bits per heavy atom. The Morgan fingerprint density at radius 3 is 0.440 bits per heavy atom. The fraction of sp³-hybridized carbons (Fsp3) is 0.250. The summed E-state index contributed by atoms with van der Waals surface area (Å²) in [4.78, 5) is 0. The molecule has 0 unspecified atom stereocenters. The summed E-state index contributed by atoms with van der Waals surface area (Å²) in [5.74, 6) is 72.8. The van der Waals surface area contributed by atoms with Crippen LogP contribution in [-0.4, -0.2) is 57.5 Å². The molecule has 0 bridgehead atoms. The van der Waals surface area contributed by atoms with E-state index in [9.17, 15) is 0 Å². The Bertz CT molecular complexity index is 1750.